The van der Waals surface area contributed by atoms with Crippen LogP contribution in [0.3, 0.4) is 0 Å². The molecular formula is C13H14O. The standard InChI is InChI=1S/C13H14O/c1-4-7-11(3)13(14)12-9-6-5-8-10(12)2/h1,5-6,8-9,11H,7H2,2-3H3. The van der Waals surface area contributed by atoms with E-state index in [1.54, 1.807) is 0 Å². The average molecular weight is 186 g/mol. The SMILES string of the molecule is C#CCC(C)C(=O)c1ccccc1C. The third-order valence-corrected chi connectivity index (χ3v) is 2.28. The van der Waals surface area contributed by atoms with Crippen molar-refractivity contribution in [2.75, 3.05) is 0 Å². The molecule has 0 saturated heterocycles. The van der Waals surface area contributed by atoms with Gasteiger partial charge >= 0.3 is 0 Å². The summed E-state index contributed by atoms with van der Waals surface area (Å²) in [4.78, 5) is 11.9. The maximum atomic E-state index is 11.9. The number of hydrogen-bond donors (Lipinski definition) is 0. The van der Waals surface area contributed by atoms with Gasteiger partial charge in [-0.1, -0.05) is 31.2 Å². The molecule has 0 spiro atoms. The van der Waals surface area contributed by atoms with Crippen LogP contribution < -0.4 is 0 Å². The summed E-state index contributed by atoms with van der Waals surface area (Å²) in [6.07, 6.45) is 5.69. The molecule has 0 aromatic heterocycles. The van der Waals surface area contributed by atoms with Gasteiger partial charge in [-0.25, -0.2) is 0 Å². The smallest absolute Gasteiger partial charge is 0.166 e. The number of terminal acetylenes is 1. The Balaban J connectivity index is 2.91. The third-order valence-electron chi connectivity index (χ3n) is 2.28. The first-order valence-electron chi connectivity index (χ1n) is 4.70. The molecule has 0 fully saturated rings. The predicted octanol–water partition coefficient (Wildman–Crippen LogP) is 2.84. The van der Waals surface area contributed by atoms with Gasteiger partial charge < -0.3 is 0 Å². The molecule has 0 saturated carbocycles. The molecule has 1 aromatic carbocycles. The van der Waals surface area contributed by atoms with Crippen LogP contribution in [-0.4, -0.2) is 5.78 Å². The van der Waals surface area contributed by atoms with Crippen LogP contribution in [0.2, 0.25) is 0 Å². The lowest BCUT2D eigenvalue weighted by atomic mass is 9.94. The molecule has 1 nitrogen and oxygen atoms in total. The molecule has 14 heavy (non-hydrogen) atoms. The van der Waals surface area contributed by atoms with Crippen molar-refractivity contribution in [3.8, 4) is 12.3 Å². The minimum Gasteiger partial charge on any atom is -0.294 e. The largest absolute Gasteiger partial charge is 0.294 e. The van der Waals surface area contributed by atoms with E-state index in [0.717, 1.165) is 11.1 Å². The molecule has 0 radical (unpaired) electrons. The zero-order chi connectivity index (χ0) is 10.6. The second-order valence-corrected chi connectivity index (χ2v) is 3.49. The molecule has 0 aliphatic rings. The first-order valence-corrected chi connectivity index (χ1v) is 4.70. The van der Waals surface area contributed by atoms with Crippen LogP contribution in [0, 0.1) is 25.2 Å². The van der Waals surface area contributed by atoms with Gasteiger partial charge in [0.05, 0.1) is 0 Å². The Morgan fingerprint density at radius 1 is 1.50 bits per heavy atom. The fourth-order valence-corrected chi connectivity index (χ4v) is 1.38. The van der Waals surface area contributed by atoms with Crippen molar-refractivity contribution in [1.29, 1.82) is 0 Å². The number of Topliss-reactive ketones (excluding diaryl/α,β-unsaturated/α-hetero) is 1. The van der Waals surface area contributed by atoms with E-state index in [2.05, 4.69) is 5.92 Å². The summed E-state index contributed by atoms with van der Waals surface area (Å²) in [7, 11) is 0. The molecular weight excluding hydrogens is 172 g/mol. The molecule has 0 heterocycles. The number of hydrogen-bond acceptors (Lipinski definition) is 1. The quantitative estimate of drug-likeness (QED) is 0.524. The third kappa shape index (κ3) is 2.23. The number of aryl methyl sites for hydroxylation is 1. The summed E-state index contributed by atoms with van der Waals surface area (Å²) < 4.78 is 0. The molecule has 1 atom stereocenters. The van der Waals surface area contributed by atoms with Crippen molar-refractivity contribution >= 4 is 5.78 Å². The first-order chi connectivity index (χ1) is 6.66. The summed E-state index contributed by atoms with van der Waals surface area (Å²) in [5.74, 6) is 2.57. The molecule has 0 amide bonds. The van der Waals surface area contributed by atoms with Crippen LogP contribution >= 0.6 is 0 Å². The summed E-state index contributed by atoms with van der Waals surface area (Å²) in [5, 5.41) is 0. The highest BCUT2D eigenvalue weighted by Crippen LogP contribution is 2.14. The van der Waals surface area contributed by atoms with E-state index in [1.807, 2.05) is 38.1 Å². The van der Waals surface area contributed by atoms with Crippen molar-refractivity contribution in [2.45, 2.75) is 20.3 Å². The molecule has 72 valence electrons. The maximum absolute atomic E-state index is 11.9. The molecule has 0 N–H and O–H groups in total. The van der Waals surface area contributed by atoms with Crippen LogP contribution in [0.4, 0.5) is 0 Å². The fourth-order valence-electron chi connectivity index (χ4n) is 1.38. The van der Waals surface area contributed by atoms with Gasteiger partial charge in [0, 0.05) is 17.9 Å². The van der Waals surface area contributed by atoms with E-state index >= 15 is 0 Å². The van der Waals surface area contributed by atoms with Gasteiger partial charge in [-0.2, -0.15) is 0 Å². The number of carbonyl (C=O) groups is 1. The Morgan fingerprint density at radius 3 is 2.71 bits per heavy atom. The lowest BCUT2D eigenvalue weighted by Crippen LogP contribution is -2.11. The van der Waals surface area contributed by atoms with Gasteiger partial charge in [0.15, 0.2) is 5.78 Å². The highest BCUT2D eigenvalue weighted by Gasteiger charge is 2.15. The predicted molar refractivity (Wildman–Crippen MR) is 58.1 cm³/mol. The Morgan fingerprint density at radius 2 is 2.14 bits per heavy atom. The zero-order valence-electron chi connectivity index (χ0n) is 8.58. The Hall–Kier alpha value is -1.55. The minimum atomic E-state index is -0.0823. The van der Waals surface area contributed by atoms with Gasteiger partial charge in [-0.05, 0) is 12.5 Å². The molecule has 1 unspecified atom stereocenters. The van der Waals surface area contributed by atoms with Crippen LogP contribution in [0.1, 0.15) is 29.3 Å². The molecule has 0 aliphatic heterocycles. The minimum absolute atomic E-state index is 0.0823. The fraction of sp³-hybridized carbons (Fsp3) is 0.308. The van der Waals surface area contributed by atoms with Crippen molar-refractivity contribution in [1.82, 2.24) is 0 Å². The van der Waals surface area contributed by atoms with E-state index in [4.69, 9.17) is 6.42 Å². The summed E-state index contributed by atoms with van der Waals surface area (Å²) in [6.45, 7) is 3.81. The molecule has 0 bridgehead atoms. The van der Waals surface area contributed by atoms with E-state index in [0.29, 0.717) is 6.42 Å². The number of carbonyl (C=O) groups excluding carboxylic acids is 1. The van der Waals surface area contributed by atoms with Crippen molar-refractivity contribution in [2.24, 2.45) is 5.92 Å². The van der Waals surface area contributed by atoms with Crippen molar-refractivity contribution in [3.63, 3.8) is 0 Å². The Kier molecular flexibility index (Phi) is 3.48. The van der Waals surface area contributed by atoms with Gasteiger partial charge in [0.1, 0.15) is 0 Å². The monoisotopic (exact) mass is 186 g/mol. The maximum Gasteiger partial charge on any atom is 0.166 e. The van der Waals surface area contributed by atoms with E-state index < -0.39 is 0 Å². The van der Waals surface area contributed by atoms with Gasteiger partial charge in [-0.3, -0.25) is 4.79 Å². The Bertz CT molecular complexity index is 371. The van der Waals surface area contributed by atoms with Gasteiger partial charge in [0.2, 0.25) is 0 Å². The second-order valence-electron chi connectivity index (χ2n) is 3.49. The number of rotatable bonds is 3. The highest BCUT2D eigenvalue weighted by molar-refractivity contribution is 5.99. The Labute approximate surface area is 85.1 Å². The summed E-state index contributed by atoms with van der Waals surface area (Å²) >= 11 is 0. The van der Waals surface area contributed by atoms with Crippen molar-refractivity contribution < 1.29 is 4.79 Å². The van der Waals surface area contributed by atoms with Crippen molar-refractivity contribution in [3.05, 3.63) is 35.4 Å². The number of benzene rings is 1. The van der Waals surface area contributed by atoms with E-state index in [1.165, 1.54) is 0 Å². The van der Waals surface area contributed by atoms with Crippen LogP contribution in [-0.2, 0) is 0 Å². The van der Waals surface area contributed by atoms with Crippen LogP contribution in [0.5, 0.6) is 0 Å². The average Bonchev–Trinajstić information content (AvgIpc) is 2.18. The van der Waals surface area contributed by atoms with Crippen LogP contribution in [0.25, 0.3) is 0 Å². The molecule has 1 heteroatoms. The number of ketones is 1. The summed E-state index contributed by atoms with van der Waals surface area (Å²) in [6, 6.07) is 7.60. The molecule has 1 aromatic rings. The van der Waals surface area contributed by atoms with Gasteiger partial charge in [0.25, 0.3) is 0 Å². The second kappa shape index (κ2) is 4.62. The topological polar surface area (TPSA) is 17.1 Å². The molecule has 1 rings (SSSR count). The van der Waals surface area contributed by atoms with E-state index in [-0.39, 0.29) is 11.7 Å². The van der Waals surface area contributed by atoms with E-state index in [9.17, 15) is 4.79 Å². The zero-order valence-corrected chi connectivity index (χ0v) is 8.58. The summed E-state index contributed by atoms with van der Waals surface area (Å²) in [5.41, 5.74) is 1.80. The molecule has 0 aliphatic carbocycles. The lowest BCUT2D eigenvalue weighted by molar-refractivity contribution is 0.0931. The first kappa shape index (κ1) is 10.5. The normalized spacial score (nSPS) is 11.8. The van der Waals surface area contributed by atoms with Crippen LogP contribution in [0.15, 0.2) is 24.3 Å². The lowest BCUT2D eigenvalue weighted by Gasteiger charge is -2.08. The highest BCUT2D eigenvalue weighted by atomic mass is 16.1. The van der Waals surface area contributed by atoms with Gasteiger partial charge in [-0.15, -0.1) is 12.3 Å².